The standard InChI is InChI=1S/C26H26N4/c1-5-9-18(4)29-24-15-23-25(14-20(24)10-6-2)28-17-21(16-27)26(23)30-22-12-8-11-19(7-3)13-22/h3,8,11-15,17,29H,4-6,9-10H2,1-2H3,(H,28,30). The first-order valence-corrected chi connectivity index (χ1v) is 10.2. The Labute approximate surface area is 178 Å². The molecule has 2 N–H and O–H groups in total. The van der Waals surface area contributed by atoms with Gasteiger partial charge in [-0.05, 0) is 48.7 Å². The smallest absolute Gasteiger partial charge is 0.103 e. The van der Waals surface area contributed by atoms with E-state index in [1.165, 1.54) is 5.56 Å². The molecule has 0 atom stereocenters. The van der Waals surface area contributed by atoms with Crippen molar-refractivity contribution in [3.63, 3.8) is 0 Å². The summed E-state index contributed by atoms with van der Waals surface area (Å²) in [7, 11) is 0. The minimum atomic E-state index is 0.482. The third-order valence-corrected chi connectivity index (χ3v) is 4.89. The van der Waals surface area contributed by atoms with Gasteiger partial charge in [0, 0.05) is 34.2 Å². The van der Waals surface area contributed by atoms with Crippen molar-refractivity contribution in [1.82, 2.24) is 4.98 Å². The summed E-state index contributed by atoms with van der Waals surface area (Å²) in [5, 5.41) is 17.4. The van der Waals surface area contributed by atoms with E-state index in [1.807, 2.05) is 24.3 Å². The molecule has 0 aliphatic rings. The summed E-state index contributed by atoms with van der Waals surface area (Å²) in [5.74, 6) is 2.65. The van der Waals surface area contributed by atoms with Gasteiger partial charge < -0.3 is 10.6 Å². The van der Waals surface area contributed by atoms with Crippen LogP contribution in [0.4, 0.5) is 17.1 Å². The number of benzene rings is 2. The molecule has 0 spiro atoms. The van der Waals surface area contributed by atoms with Crippen molar-refractivity contribution >= 4 is 28.0 Å². The molecule has 1 aromatic heterocycles. The minimum absolute atomic E-state index is 0.482. The van der Waals surface area contributed by atoms with Gasteiger partial charge in [0.25, 0.3) is 0 Å². The normalized spacial score (nSPS) is 10.3. The maximum atomic E-state index is 9.69. The van der Waals surface area contributed by atoms with E-state index in [-0.39, 0.29) is 0 Å². The second kappa shape index (κ2) is 9.63. The summed E-state index contributed by atoms with van der Waals surface area (Å²) in [6.07, 6.45) is 11.1. The molecule has 0 aliphatic heterocycles. The van der Waals surface area contributed by atoms with Gasteiger partial charge in [-0.15, -0.1) is 6.42 Å². The van der Waals surface area contributed by atoms with E-state index >= 15 is 0 Å². The van der Waals surface area contributed by atoms with E-state index in [1.54, 1.807) is 6.20 Å². The number of nitrogens with zero attached hydrogens (tertiary/aromatic N) is 2. The zero-order valence-electron chi connectivity index (χ0n) is 17.5. The van der Waals surface area contributed by atoms with Crippen LogP contribution in [0, 0.1) is 23.7 Å². The molecule has 1 heterocycles. The van der Waals surface area contributed by atoms with E-state index in [0.717, 1.165) is 64.9 Å². The highest BCUT2D eigenvalue weighted by molar-refractivity contribution is 5.98. The molecule has 0 radical (unpaired) electrons. The molecule has 0 saturated carbocycles. The Kier molecular flexibility index (Phi) is 6.73. The third kappa shape index (κ3) is 4.62. The van der Waals surface area contributed by atoms with Crippen LogP contribution >= 0.6 is 0 Å². The molecule has 4 heteroatoms. The number of rotatable bonds is 8. The first-order chi connectivity index (χ1) is 14.6. The lowest BCUT2D eigenvalue weighted by molar-refractivity contribution is 0.903. The van der Waals surface area contributed by atoms with Gasteiger partial charge in [-0.2, -0.15) is 5.26 Å². The van der Waals surface area contributed by atoms with Crippen LogP contribution in [0.15, 0.2) is 54.9 Å². The fourth-order valence-corrected chi connectivity index (χ4v) is 3.48. The molecule has 3 aromatic rings. The maximum absolute atomic E-state index is 9.69. The maximum Gasteiger partial charge on any atom is 0.103 e. The van der Waals surface area contributed by atoms with E-state index in [0.29, 0.717) is 5.56 Å². The SMILES string of the molecule is C#Cc1cccc(Nc2c(C#N)cnc3cc(CCC)c(NC(=C)CCC)cc23)c1. The summed E-state index contributed by atoms with van der Waals surface area (Å²) in [4.78, 5) is 4.54. The van der Waals surface area contributed by atoms with Gasteiger partial charge in [0.15, 0.2) is 0 Å². The van der Waals surface area contributed by atoms with Crippen LogP contribution in [0.25, 0.3) is 10.9 Å². The number of terminal acetylenes is 1. The number of hydrogen-bond donors (Lipinski definition) is 2. The molecular formula is C26H26N4. The molecule has 0 fully saturated rings. The Morgan fingerprint density at radius 1 is 1.20 bits per heavy atom. The van der Waals surface area contributed by atoms with Crippen LogP contribution in [0.3, 0.4) is 0 Å². The van der Waals surface area contributed by atoms with Crippen LogP contribution in [0.1, 0.15) is 49.8 Å². The number of aryl methyl sites for hydroxylation is 1. The molecule has 4 nitrogen and oxygen atoms in total. The molecule has 30 heavy (non-hydrogen) atoms. The molecule has 0 unspecified atom stereocenters. The Morgan fingerprint density at radius 3 is 2.73 bits per heavy atom. The number of allylic oxidation sites excluding steroid dienone is 1. The van der Waals surface area contributed by atoms with E-state index in [9.17, 15) is 5.26 Å². The second-order valence-corrected chi connectivity index (χ2v) is 7.26. The summed E-state index contributed by atoms with van der Waals surface area (Å²) >= 11 is 0. The molecule has 2 aromatic carbocycles. The van der Waals surface area contributed by atoms with Crippen molar-refractivity contribution in [1.29, 1.82) is 5.26 Å². The average molecular weight is 395 g/mol. The predicted molar refractivity (Wildman–Crippen MR) is 126 cm³/mol. The predicted octanol–water partition coefficient (Wildman–Crippen LogP) is 6.51. The van der Waals surface area contributed by atoms with Crippen LogP contribution in [0.5, 0.6) is 0 Å². The summed E-state index contributed by atoms with van der Waals surface area (Å²) in [5.41, 5.74) is 6.85. The largest absolute Gasteiger partial charge is 0.359 e. The van der Waals surface area contributed by atoms with Crippen molar-refractivity contribution in [2.45, 2.75) is 39.5 Å². The summed E-state index contributed by atoms with van der Waals surface area (Å²) < 4.78 is 0. The van der Waals surface area contributed by atoms with Crippen LogP contribution in [-0.2, 0) is 6.42 Å². The Hall–Kier alpha value is -3.76. The quantitative estimate of drug-likeness (QED) is 0.428. The Morgan fingerprint density at radius 2 is 2.03 bits per heavy atom. The monoisotopic (exact) mass is 394 g/mol. The Balaban J connectivity index is 2.15. The van der Waals surface area contributed by atoms with Gasteiger partial charge in [-0.3, -0.25) is 4.98 Å². The van der Waals surface area contributed by atoms with E-state index in [2.05, 4.69) is 60.2 Å². The zero-order chi connectivity index (χ0) is 21.5. The topological polar surface area (TPSA) is 60.7 Å². The van der Waals surface area contributed by atoms with Gasteiger partial charge in [-0.25, -0.2) is 0 Å². The fourth-order valence-electron chi connectivity index (χ4n) is 3.48. The van der Waals surface area contributed by atoms with Gasteiger partial charge >= 0.3 is 0 Å². The lowest BCUT2D eigenvalue weighted by Crippen LogP contribution is -2.03. The lowest BCUT2D eigenvalue weighted by Gasteiger charge is -2.17. The first kappa shape index (κ1) is 21.0. The van der Waals surface area contributed by atoms with Crippen molar-refractivity contribution in [2.75, 3.05) is 10.6 Å². The van der Waals surface area contributed by atoms with Crippen LogP contribution in [-0.4, -0.2) is 4.98 Å². The number of anilines is 3. The van der Waals surface area contributed by atoms with Crippen LogP contribution in [0.2, 0.25) is 0 Å². The van der Waals surface area contributed by atoms with Crippen molar-refractivity contribution in [3.8, 4) is 18.4 Å². The van der Waals surface area contributed by atoms with Gasteiger partial charge in [0.2, 0.25) is 0 Å². The van der Waals surface area contributed by atoms with Gasteiger partial charge in [0.1, 0.15) is 6.07 Å². The van der Waals surface area contributed by atoms with E-state index in [4.69, 9.17) is 6.42 Å². The number of fused-ring (bicyclic) bond motifs is 1. The number of pyridine rings is 1. The van der Waals surface area contributed by atoms with E-state index < -0.39 is 0 Å². The lowest BCUT2D eigenvalue weighted by atomic mass is 10.0. The zero-order valence-corrected chi connectivity index (χ0v) is 17.5. The highest BCUT2D eigenvalue weighted by atomic mass is 14.9. The molecule has 0 saturated heterocycles. The summed E-state index contributed by atoms with van der Waals surface area (Å²) in [6.45, 7) is 8.44. The van der Waals surface area contributed by atoms with Crippen molar-refractivity contribution in [3.05, 3.63) is 71.6 Å². The van der Waals surface area contributed by atoms with Crippen molar-refractivity contribution < 1.29 is 0 Å². The molecule has 3 rings (SSSR count). The first-order valence-electron chi connectivity index (χ1n) is 10.2. The third-order valence-electron chi connectivity index (χ3n) is 4.89. The molecular weight excluding hydrogens is 368 g/mol. The highest BCUT2D eigenvalue weighted by Crippen LogP contribution is 2.34. The second-order valence-electron chi connectivity index (χ2n) is 7.26. The van der Waals surface area contributed by atoms with Crippen molar-refractivity contribution in [2.24, 2.45) is 0 Å². The number of hydrogen-bond acceptors (Lipinski definition) is 4. The average Bonchev–Trinajstić information content (AvgIpc) is 2.75. The van der Waals surface area contributed by atoms with Gasteiger partial charge in [0.05, 0.1) is 16.8 Å². The number of aromatic nitrogens is 1. The summed E-state index contributed by atoms with van der Waals surface area (Å²) in [6, 6.07) is 14.0. The molecule has 0 bridgehead atoms. The molecule has 150 valence electrons. The highest BCUT2D eigenvalue weighted by Gasteiger charge is 2.14. The molecule has 0 amide bonds. The van der Waals surface area contributed by atoms with Gasteiger partial charge in [-0.1, -0.05) is 45.3 Å². The van der Waals surface area contributed by atoms with Crippen LogP contribution < -0.4 is 10.6 Å². The molecule has 0 aliphatic carbocycles. The fraction of sp³-hybridized carbons (Fsp3) is 0.231. The Bertz CT molecular complexity index is 1160. The number of nitrogens with one attached hydrogen (secondary N) is 2. The minimum Gasteiger partial charge on any atom is -0.359 e. The number of nitriles is 1.